The Balaban J connectivity index is -0.000000183. The summed E-state index contributed by atoms with van der Waals surface area (Å²) in [7, 11) is 3.39. The molecule has 0 saturated heterocycles. The Hall–Kier alpha value is -2.04. The van der Waals surface area contributed by atoms with Gasteiger partial charge in [0.05, 0.1) is 12.1 Å². The number of nitrogens with one attached hydrogen (secondary N) is 4. The summed E-state index contributed by atoms with van der Waals surface area (Å²) in [5.74, 6) is 4.58. The van der Waals surface area contributed by atoms with Gasteiger partial charge in [-0.3, -0.25) is 24.6 Å². The molecule has 2 atom stereocenters. The van der Waals surface area contributed by atoms with E-state index in [9.17, 15) is 19.2 Å². The quantitative estimate of drug-likeness (QED) is 0.138. The highest BCUT2D eigenvalue weighted by atomic mass is 16.2. The molecule has 6 N–H and O–H groups in total. The standard InChI is InChI=1S/C9H16N2O2.C7H15N3O2.CH4.B/c1-4-11-9(13)6-5-8(10-3)7(2)12;1-5(11)6(9-2)3-4-7(12)10-8;;/h4,8,10H,1,5-6H2,2-3H3,(H,11,13);6,9H,3-4,8H2,1-2H3,(H,10,12);1H4;. The minimum absolute atomic E-state index is 0. The van der Waals surface area contributed by atoms with Crippen LogP contribution in [0.2, 0.25) is 0 Å². The largest absolute Gasteiger partial charge is 0.333 e. The molecule has 9 nitrogen and oxygen atoms in total. The van der Waals surface area contributed by atoms with Crippen LogP contribution >= 0.6 is 0 Å². The maximum atomic E-state index is 11.0. The predicted molar refractivity (Wildman–Crippen MR) is 109 cm³/mol. The molecular formula is C17H35BN5O4. The number of ketones is 2. The van der Waals surface area contributed by atoms with Crippen LogP contribution in [-0.4, -0.2) is 58.0 Å². The molecular weight excluding hydrogens is 349 g/mol. The molecule has 0 aliphatic rings. The molecule has 10 heteroatoms. The van der Waals surface area contributed by atoms with Gasteiger partial charge < -0.3 is 16.0 Å². The minimum Gasteiger partial charge on any atom is -0.333 e. The lowest BCUT2D eigenvalue weighted by molar-refractivity contribution is -0.123. The number of likely N-dealkylation sites (N-methyl/N-ethyl adjacent to an activating group) is 2. The third-order valence-electron chi connectivity index (χ3n) is 3.42. The summed E-state index contributed by atoms with van der Waals surface area (Å²) in [5.41, 5.74) is 2.01. The van der Waals surface area contributed by atoms with Crippen molar-refractivity contribution < 1.29 is 19.2 Å². The van der Waals surface area contributed by atoms with E-state index >= 15 is 0 Å². The fourth-order valence-corrected chi connectivity index (χ4v) is 1.91. The number of amides is 2. The Morgan fingerprint density at radius 3 is 1.56 bits per heavy atom. The summed E-state index contributed by atoms with van der Waals surface area (Å²) in [6.07, 6.45) is 2.93. The van der Waals surface area contributed by atoms with E-state index in [1.165, 1.54) is 20.0 Å². The van der Waals surface area contributed by atoms with Crippen molar-refractivity contribution in [2.45, 2.75) is 59.0 Å². The van der Waals surface area contributed by atoms with Gasteiger partial charge in [-0.2, -0.15) is 0 Å². The molecule has 0 spiro atoms. The fourth-order valence-electron chi connectivity index (χ4n) is 1.91. The van der Waals surface area contributed by atoms with E-state index in [2.05, 4.69) is 22.5 Å². The number of Topliss-reactive ketones (excluding diaryl/α,β-unsaturated/α-hetero) is 2. The number of hydrogen-bond acceptors (Lipinski definition) is 7. The Kier molecular flexibility index (Phi) is 24.5. The molecule has 0 heterocycles. The second kappa shape index (κ2) is 20.3. The van der Waals surface area contributed by atoms with Gasteiger partial charge in [0.25, 0.3) is 0 Å². The zero-order chi connectivity index (χ0) is 19.8. The topological polar surface area (TPSA) is 142 Å². The number of rotatable bonds is 11. The van der Waals surface area contributed by atoms with E-state index in [1.807, 2.05) is 5.43 Å². The first-order valence-electron chi connectivity index (χ1n) is 7.98. The normalized spacial score (nSPS) is 11.1. The molecule has 0 saturated carbocycles. The van der Waals surface area contributed by atoms with Crippen molar-refractivity contribution in [2.75, 3.05) is 14.1 Å². The Bertz CT molecular complexity index is 461. The summed E-state index contributed by atoms with van der Waals surface area (Å²) in [6.45, 7) is 6.36. The van der Waals surface area contributed by atoms with E-state index in [0.717, 1.165) is 0 Å². The van der Waals surface area contributed by atoms with Crippen molar-refractivity contribution in [3.63, 3.8) is 0 Å². The van der Waals surface area contributed by atoms with Gasteiger partial charge in [-0.05, 0) is 47.0 Å². The van der Waals surface area contributed by atoms with Crippen LogP contribution in [0.3, 0.4) is 0 Å². The zero-order valence-corrected chi connectivity index (χ0v) is 16.1. The monoisotopic (exact) mass is 384 g/mol. The van der Waals surface area contributed by atoms with Crippen LogP contribution in [0.5, 0.6) is 0 Å². The number of carbonyl (C=O) groups excluding carboxylic acids is 4. The van der Waals surface area contributed by atoms with Crippen molar-refractivity contribution >= 4 is 31.8 Å². The molecule has 2 unspecified atom stereocenters. The third-order valence-corrected chi connectivity index (χ3v) is 3.42. The van der Waals surface area contributed by atoms with Gasteiger partial charge >= 0.3 is 0 Å². The average molecular weight is 384 g/mol. The SMILES string of the molecule is C.C=CNC(=O)CCC(NC)C(C)=O.CNC(CCC(=O)NN)C(C)=O.[B]. The van der Waals surface area contributed by atoms with Gasteiger partial charge in [-0.1, -0.05) is 14.0 Å². The second-order valence-corrected chi connectivity index (χ2v) is 5.32. The van der Waals surface area contributed by atoms with Crippen LogP contribution in [0.1, 0.15) is 47.0 Å². The van der Waals surface area contributed by atoms with Gasteiger partial charge in [-0.15, -0.1) is 0 Å². The highest BCUT2D eigenvalue weighted by Gasteiger charge is 2.13. The van der Waals surface area contributed by atoms with E-state index in [0.29, 0.717) is 19.3 Å². The van der Waals surface area contributed by atoms with Crippen LogP contribution in [0.25, 0.3) is 0 Å². The second-order valence-electron chi connectivity index (χ2n) is 5.32. The number of hydrogen-bond donors (Lipinski definition) is 5. The van der Waals surface area contributed by atoms with E-state index in [1.54, 1.807) is 14.1 Å². The Morgan fingerprint density at radius 1 is 0.926 bits per heavy atom. The first-order valence-corrected chi connectivity index (χ1v) is 7.98. The van der Waals surface area contributed by atoms with Crippen molar-refractivity contribution in [3.8, 4) is 0 Å². The van der Waals surface area contributed by atoms with Crippen molar-refractivity contribution in [1.29, 1.82) is 0 Å². The Morgan fingerprint density at radius 2 is 1.30 bits per heavy atom. The predicted octanol–water partition coefficient (Wildman–Crippen LogP) is -0.608. The van der Waals surface area contributed by atoms with Crippen LogP contribution in [-0.2, 0) is 19.2 Å². The van der Waals surface area contributed by atoms with Crippen molar-refractivity contribution in [3.05, 3.63) is 12.8 Å². The molecule has 0 aliphatic heterocycles. The molecule has 0 bridgehead atoms. The van der Waals surface area contributed by atoms with Gasteiger partial charge in [0, 0.05) is 21.3 Å². The van der Waals surface area contributed by atoms with Crippen molar-refractivity contribution in [1.82, 2.24) is 21.4 Å². The molecule has 0 aromatic heterocycles. The summed E-state index contributed by atoms with van der Waals surface area (Å²) >= 11 is 0. The van der Waals surface area contributed by atoms with Crippen LogP contribution < -0.4 is 27.2 Å². The van der Waals surface area contributed by atoms with Gasteiger partial charge in [0.15, 0.2) is 0 Å². The van der Waals surface area contributed by atoms with Crippen LogP contribution in [0.15, 0.2) is 12.8 Å². The molecule has 0 aromatic rings. The Labute approximate surface area is 164 Å². The van der Waals surface area contributed by atoms with Crippen LogP contribution in [0.4, 0.5) is 0 Å². The molecule has 0 rings (SSSR count). The summed E-state index contributed by atoms with van der Waals surface area (Å²) in [6, 6.07) is -0.474. The zero-order valence-electron chi connectivity index (χ0n) is 16.1. The summed E-state index contributed by atoms with van der Waals surface area (Å²) in [5, 5.41) is 8.10. The molecule has 0 aliphatic carbocycles. The third kappa shape index (κ3) is 18.6. The number of carbonyl (C=O) groups is 4. The maximum Gasteiger partial charge on any atom is 0.233 e. The molecule has 155 valence electrons. The molecule has 27 heavy (non-hydrogen) atoms. The van der Waals surface area contributed by atoms with Crippen molar-refractivity contribution in [2.24, 2.45) is 5.84 Å². The molecule has 0 fully saturated rings. The molecule has 3 radical (unpaired) electrons. The number of hydrazine groups is 1. The average Bonchev–Trinajstić information content (AvgIpc) is 2.56. The molecule has 0 aromatic carbocycles. The highest BCUT2D eigenvalue weighted by Crippen LogP contribution is 1.98. The highest BCUT2D eigenvalue weighted by molar-refractivity contribution is 5.83. The summed E-state index contributed by atoms with van der Waals surface area (Å²) < 4.78 is 0. The van der Waals surface area contributed by atoms with Gasteiger partial charge in [-0.25, -0.2) is 5.84 Å². The maximum absolute atomic E-state index is 11.0. The lowest BCUT2D eigenvalue weighted by Crippen LogP contribution is -2.35. The lowest BCUT2D eigenvalue weighted by atomic mass is 10.1. The summed E-state index contributed by atoms with van der Waals surface area (Å²) in [4.78, 5) is 43.4. The van der Waals surface area contributed by atoms with E-state index in [4.69, 9.17) is 5.84 Å². The molecule has 2 amide bonds. The first-order chi connectivity index (χ1) is 11.7. The first kappa shape index (κ1) is 32.6. The van der Waals surface area contributed by atoms with Crippen LogP contribution in [0, 0.1) is 0 Å². The lowest BCUT2D eigenvalue weighted by Gasteiger charge is -2.11. The number of nitrogens with two attached hydrogens (primary N) is 1. The fraction of sp³-hybridized carbons (Fsp3) is 0.647. The van der Waals surface area contributed by atoms with E-state index in [-0.39, 0.29) is 57.7 Å². The van der Waals surface area contributed by atoms with Gasteiger partial charge in [0.1, 0.15) is 11.6 Å². The van der Waals surface area contributed by atoms with Gasteiger partial charge in [0.2, 0.25) is 11.8 Å². The smallest absolute Gasteiger partial charge is 0.233 e. The minimum atomic E-state index is -0.253. The van der Waals surface area contributed by atoms with E-state index < -0.39 is 0 Å².